The van der Waals surface area contributed by atoms with Crippen molar-refractivity contribution in [3.05, 3.63) is 101 Å². The molecule has 0 spiro atoms. The molecule has 0 fully saturated rings. The lowest BCUT2D eigenvalue weighted by atomic mass is 10.1. The minimum Gasteiger partial charge on any atom is -0.489 e. The highest BCUT2D eigenvalue weighted by Gasteiger charge is 2.05. The number of hydrogen-bond donors (Lipinski definition) is 2. The summed E-state index contributed by atoms with van der Waals surface area (Å²) in [5, 5.41) is 12.3. The molecule has 4 nitrogen and oxygen atoms in total. The predicted molar refractivity (Wildman–Crippen MR) is 106 cm³/mol. The number of hydrogen-bond acceptors (Lipinski definition) is 3. The topological polar surface area (TPSA) is 58.6 Å². The van der Waals surface area contributed by atoms with Crippen LogP contribution in [0.1, 0.15) is 32.6 Å². The Kier molecular flexibility index (Phi) is 6.23. The fourth-order valence-corrected chi connectivity index (χ4v) is 2.82. The smallest absolute Gasteiger partial charge is 0.335 e. The number of carboxylic acid groups (broad SMARTS) is 1. The van der Waals surface area contributed by atoms with E-state index in [4.69, 9.17) is 9.84 Å². The summed E-state index contributed by atoms with van der Waals surface area (Å²) in [5.74, 6) is -0.0382. The second kappa shape index (κ2) is 9.01. The van der Waals surface area contributed by atoms with Crippen molar-refractivity contribution in [2.75, 3.05) is 0 Å². The Hall–Kier alpha value is -3.11. The third-order valence-corrected chi connectivity index (χ3v) is 4.46. The number of rotatable bonds is 8. The monoisotopic (exact) mass is 361 g/mol. The molecule has 0 aliphatic carbocycles. The van der Waals surface area contributed by atoms with Crippen LogP contribution in [0, 0.1) is 6.92 Å². The van der Waals surface area contributed by atoms with Crippen molar-refractivity contribution in [3.63, 3.8) is 0 Å². The van der Waals surface area contributed by atoms with E-state index < -0.39 is 5.97 Å². The van der Waals surface area contributed by atoms with Gasteiger partial charge in [0.25, 0.3) is 0 Å². The second-order valence-corrected chi connectivity index (χ2v) is 6.43. The van der Waals surface area contributed by atoms with Gasteiger partial charge in [0.05, 0.1) is 5.56 Å². The summed E-state index contributed by atoms with van der Waals surface area (Å²) in [6, 6.07) is 23.1. The Morgan fingerprint density at radius 3 is 2.26 bits per heavy atom. The first-order valence-electron chi connectivity index (χ1n) is 8.91. The zero-order valence-corrected chi connectivity index (χ0v) is 15.3. The van der Waals surface area contributed by atoms with Crippen molar-refractivity contribution in [2.45, 2.75) is 26.6 Å². The van der Waals surface area contributed by atoms with Crippen LogP contribution in [0.2, 0.25) is 0 Å². The van der Waals surface area contributed by atoms with Crippen molar-refractivity contribution < 1.29 is 14.6 Å². The van der Waals surface area contributed by atoms with Crippen molar-refractivity contribution in [3.8, 4) is 5.75 Å². The van der Waals surface area contributed by atoms with Gasteiger partial charge in [-0.3, -0.25) is 0 Å². The summed E-state index contributed by atoms with van der Waals surface area (Å²) in [6.07, 6.45) is 0. The molecular formula is C23H23NO3. The molecular weight excluding hydrogens is 338 g/mol. The third-order valence-electron chi connectivity index (χ3n) is 4.46. The zero-order chi connectivity index (χ0) is 19.1. The van der Waals surface area contributed by atoms with Crippen LogP contribution in [0.25, 0.3) is 0 Å². The number of aromatic carboxylic acids is 1. The van der Waals surface area contributed by atoms with Gasteiger partial charge in [-0.2, -0.15) is 0 Å². The van der Waals surface area contributed by atoms with E-state index in [-0.39, 0.29) is 0 Å². The van der Waals surface area contributed by atoms with Crippen LogP contribution in [-0.2, 0) is 19.7 Å². The number of carboxylic acids is 1. The maximum absolute atomic E-state index is 10.9. The maximum Gasteiger partial charge on any atom is 0.335 e. The molecule has 27 heavy (non-hydrogen) atoms. The van der Waals surface area contributed by atoms with Crippen molar-refractivity contribution in [2.24, 2.45) is 0 Å². The van der Waals surface area contributed by atoms with Crippen LogP contribution < -0.4 is 10.1 Å². The normalized spacial score (nSPS) is 10.6. The summed E-state index contributed by atoms with van der Waals surface area (Å²) in [6.45, 7) is 3.96. The van der Waals surface area contributed by atoms with Crippen LogP contribution in [0.4, 0.5) is 0 Å². The molecule has 0 saturated carbocycles. The van der Waals surface area contributed by atoms with Gasteiger partial charge in [-0.25, -0.2) is 4.79 Å². The van der Waals surface area contributed by atoms with Crippen LogP contribution in [-0.4, -0.2) is 11.1 Å². The van der Waals surface area contributed by atoms with E-state index in [1.807, 2.05) is 48.5 Å². The first-order chi connectivity index (χ1) is 13.1. The average Bonchev–Trinajstić information content (AvgIpc) is 2.69. The number of nitrogens with one attached hydrogen (secondary N) is 1. The van der Waals surface area contributed by atoms with Gasteiger partial charge in [0.2, 0.25) is 0 Å². The zero-order valence-electron chi connectivity index (χ0n) is 15.3. The van der Waals surface area contributed by atoms with Gasteiger partial charge in [0, 0.05) is 18.7 Å². The molecule has 0 unspecified atom stereocenters. The van der Waals surface area contributed by atoms with Gasteiger partial charge < -0.3 is 15.2 Å². The van der Waals surface area contributed by atoms with E-state index >= 15 is 0 Å². The van der Waals surface area contributed by atoms with Gasteiger partial charge in [-0.15, -0.1) is 0 Å². The number of para-hydroxylation sites is 1. The van der Waals surface area contributed by atoms with Gasteiger partial charge in [-0.05, 0) is 41.8 Å². The molecule has 0 aromatic heterocycles. The Morgan fingerprint density at radius 2 is 1.56 bits per heavy atom. The third kappa shape index (κ3) is 5.19. The quantitative estimate of drug-likeness (QED) is 0.617. The Labute approximate surface area is 159 Å². The minimum absolute atomic E-state index is 0.300. The van der Waals surface area contributed by atoms with E-state index in [0.717, 1.165) is 16.9 Å². The van der Waals surface area contributed by atoms with E-state index in [9.17, 15) is 4.79 Å². The molecule has 0 aliphatic heterocycles. The van der Waals surface area contributed by atoms with Crippen molar-refractivity contribution >= 4 is 5.97 Å². The lowest BCUT2D eigenvalue weighted by Crippen LogP contribution is -2.14. The highest BCUT2D eigenvalue weighted by molar-refractivity contribution is 5.87. The van der Waals surface area contributed by atoms with Crippen LogP contribution in [0.5, 0.6) is 5.75 Å². The molecule has 3 aromatic carbocycles. The number of aryl methyl sites for hydroxylation is 1. The average molecular weight is 361 g/mol. The summed E-state index contributed by atoms with van der Waals surface area (Å²) < 4.78 is 6.04. The molecule has 0 bridgehead atoms. The highest BCUT2D eigenvalue weighted by atomic mass is 16.5. The Bertz CT molecular complexity index is 904. The second-order valence-electron chi connectivity index (χ2n) is 6.43. The molecule has 3 rings (SSSR count). The number of benzene rings is 3. The van der Waals surface area contributed by atoms with E-state index in [1.165, 1.54) is 11.1 Å². The molecule has 0 atom stereocenters. The number of ether oxygens (including phenoxy) is 1. The van der Waals surface area contributed by atoms with Gasteiger partial charge >= 0.3 is 5.97 Å². The molecule has 0 amide bonds. The predicted octanol–water partition coefficient (Wildman–Crippen LogP) is 4.56. The first kappa shape index (κ1) is 18.7. The van der Waals surface area contributed by atoms with Crippen LogP contribution in [0.3, 0.4) is 0 Å². The van der Waals surface area contributed by atoms with Gasteiger partial charge in [-0.1, -0.05) is 54.6 Å². The molecule has 0 heterocycles. The SMILES string of the molecule is Cc1ccccc1COc1ccccc1CNCc1ccc(C(=O)O)cc1. The van der Waals surface area contributed by atoms with E-state index in [2.05, 4.69) is 24.4 Å². The van der Waals surface area contributed by atoms with Crippen LogP contribution in [0.15, 0.2) is 72.8 Å². The summed E-state index contributed by atoms with van der Waals surface area (Å²) in [4.78, 5) is 10.9. The largest absolute Gasteiger partial charge is 0.489 e. The number of carbonyl (C=O) groups is 1. The fraction of sp³-hybridized carbons (Fsp3) is 0.174. The Balaban J connectivity index is 1.57. The fourth-order valence-electron chi connectivity index (χ4n) is 2.82. The summed E-state index contributed by atoms with van der Waals surface area (Å²) >= 11 is 0. The van der Waals surface area contributed by atoms with Gasteiger partial charge in [0.15, 0.2) is 0 Å². The van der Waals surface area contributed by atoms with E-state index in [1.54, 1.807) is 12.1 Å². The molecule has 0 saturated heterocycles. The molecule has 0 aliphatic rings. The summed E-state index contributed by atoms with van der Waals surface area (Å²) in [5.41, 5.74) is 4.83. The minimum atomic E-state index is -0.908. The Morgan fingerprint density at radius 1 is 0.889 bits per heavy atom. The molecule has 3 aromatic rings. The lowest BCUT2D eigenvalue weighted by molar-refractivity contribution is 0.0697. The molecule has 2 N–H and O–H groups in total. The van der Waals surface area contributed by atoms with E-state index in [0.29, 0.717) is 25.3 Å². The van der Waals surface area contributed by atoms with Gasteiger partial charge in [0.1, 0.15) is 12.4 Å². The molecule has 4 heteroatoms. The van der Waals surface area contributed by atoms with Crippen molar-refractivity contribution in [1.29, 1.82) is 0 Å². The standard InChI is InChI=1S/C23H23NO3/c1-17-6-2-3-8-21(17)16-27-22-9-5-4-7-20(22)15-24-14-18-10-12-19(13-11-18)23(25)26/h2-13,24H,14-16H2,1H3,(H,25,26). The van der Waals surface area contributed by atoms with Crippen LogP contribution >= 0.6 is 0 Å². The highest BCUT2D eigenvalue weighted by Crippen LogP contribution is 2.20. The molecule has 138 valence electrons. The maximum atomic E-state index is 10.9. The molecule has 0 radical (unpaired) electrons. The first-order valence-corrected chi connectivity index (χ1v) is 8.91. The van der Waals surface area contributed by atoms with Crippen molar-refractivity contribution in [1.82, 2.24) is 5.32 Å². The lowest BCUT2D eigenvalue weighted by Gasteiger charge is -2.13. The summed E-state index contributed by atoms with van der Waals surface area (Å²) in [7, 11) is 0.